The van der Waals surface area contributed by atoms with Gasteiger partial charge in [-0.15, -0.1) is 0 Å². The fourth-order valence-corrected chi connectivity index (χ4v) is 3.82. The first-order valence-electron chi connectivity index (χ1n) is 9.95. The molecule has 1 unspecified atom stereocenters. The van der Waals surface area contributed by atoms with E-state index in [2.05, 4.69) is 20.4 Å². The fraction of sp³-hybridized carbons (Fsp3) is 0.0833. The van der Waals surface area contributed by atoms with Gasteiger partial charge in [0.15, 0.2) is 0 Å². The van der Waals surface area contributed by atoms with Gasteiger partial charge >= 0.3 is 12.6 Å². The first kappa shape index (κ1) is 19.7. The van der Waals surface area contributed by atoms with Gasteiger partial charge in [-0.25, -0.2) is 9.78 Å². The lowest BCUT2D eigenvalue weighted by Crippen LogP contribution is -2.43. The number of H-pyrrole nitrogens is 1. The number of aromatic amines is 1. The second-order valence-corrected chi connectivity index (χ2v) is 7.24. The number of fused-ring (bicyclic) bond motifs is 1. The number of halogens is 2. The topological polar surface area (TPSA) is 79.0 Å². The Kier molecular flexibility index (Phi) is 5.03. The number of alkyl halides is 2. The first-order chi connectivity index (χ1) is 15.6. The molecule has 0 fully saturated rings. The Balaban J connectivity index is 1.68. The SMILES string of the molecule is O=C1NC(c2ccccc2)=C(c2nc3ccccc3[nH]2)C(c2ccc(OC(F)F)cc2)N1. The number of carbonyl (C=O) groups excluding carboxylic acids is 1. The Morgan fingerprint density at radius 1 is 0.906 bits per heavy atom. The van der Waals surface area contributed by atoms with Crippen LogP contribution in [0, 0.1) is 0 Å². The molecule has 4 aromatic rings. The quantitative estimate of drug-likeness (QED) is 0.411. The van der Waals surface area contributed by atoms with Gasteiger partial charge in [-0.2, -0.15) is 8.78 Å². The zero-order chi connectivity index (χ0) is 22.1. The van der Waals surface area contributed by atoms with Crippen LogP contribution < -0.4 is 15.4 Å². The number of carbonyl (C=O) groups is 1. The largest absolute Gasteiger partial charge is 0.435 e. The van der Waals surface area contributed by atoms with Gasteiger partial charge in [0.2, 0.25) is 0 Å². The molecule has 8 heteroatoms. The third-order valence-electron chi connectivity index (χ3n) is 5.22. The molecular weight excluding hydrogens is 414 g/mol. The van der Waals surface area contributed by atoms with E-state index in [1.807, 2.05) is 54.6 Å². The number of ether oxygens (including phenoxy) is 1. The number of aromatic nitrogens is 2. The van der Waals surface area contributed by atoms with Gasteiger partial charge in [-0.1, -0.05) is 54.6 Å². The molecule has 2 heterocycles. The van der Waals surface area contributed by atoms with Crippen molar-refractivity contribution in [3.8, 4) is 5.75 Å². The average Bonchev–Trinajstić information content (AvgIpc) is 3.23. The number of nitrogens with one attached hydrogen (secondary N) is 3. The lowest BCUT2D eigenvalue weighted by Gasteiger charge is -2.30. The maximum atomic E-state index is 12.6. The lowest BCUT2D eigenvalue weighted by atomic mass is 9.92. The van der Waals surface area contributed by atoms with Crippen LogP contribution >= 0.6 is 0 Å². The molecule has 6 nitrogen and oxygen atoms in total. The highest BCUT2D eigenvalue weighted by molar-refractivity contribution is 6.02. The Morgan fingerprint density at radius 3 is 2.34 bits per heavy atom. The van der Waals surface area contributed by atoms with Crippen molar-refractivity contribution >= 4 is 28.3 Å². The van der Waals surface area contributed by atoms with Gasteiger partial charge in [0.25, 0.3) is 0 Å². The van der Waals surface area contributed by atoms with E-state index >= 15 is 0 Å². The predicted molar refractivity (Wildman–Crippen MR) is 117 cm³/mol. The molecule has 0 spiro atoms. The number of benzene rings is 3. The maximum absolute atomic E-state index is 12.6. The summed E-state index contributed by atoms with van der Waals surface area (Å²) in [5.41, 5.74) is 4.52. The molecule has 0 bridgehead atoms. The van der Waals surface area contributed by atoms with Crippen molar-refractivity contribution in [2.24, 2.45) is 0 Å². The standard InChI is InChI=1S/C24H18F2N4O2/c25-23(26)32-16-12-10-15(11-13-16)21-19(22-27-17-8-4-5-9-18(17)28-22)20(29-24(31)30-21)14-6-2-1-3-7-14/h1-13,21,23H,(H,27,28)(H2,29,30,31). The molecule has 0 radical (unpaired) electrons. The smallest absolute Gasteiger partial charge is 0.387 e. The van der Waals surface area contributed by atoms with Gasteiger partial charge in [-0.05, 0) is 35.4 Å². The van der Waals surface area contributed by atoms with Crippen LogP contribution in [0.3, 0.4) is 0 Å². The van der Waals surface area contributed by atoms with E-state index in [1.54, 1.807) is 12.1 Å². The molecule has 3 N–H and O–H groups in total. The number of para-hydroxylation sites is 2. The summed E-state index contributed by atoms with van der Waals surface area (Å²) in [5.74, 6) is 0.636. The molecule has 0 saturated heterocycles. The van der Waals surface area contributed by atoms with E-state index in [0.717, 1.165) is 22.2 Å². The van der Waals surface area contributed by atoms with E-state index < -0.39 is 12.7 Å². The summed E-state index contributed by atoms with van der Waals surface area (Å²) >= 11 is 0. The maximum Gasteiger partial charge on any atom is 0.387 e. The van der Waals surface area contributed by atoms with Crippen molar-refractivity contribution in [2.45, 2.75) is 12.7 Å². The summed E-state index contributed by atoms with van der Waals surface area (Å²) in [6.45, 7) is -2.91. The number of hydrogen-bond donors (Lipinski definition) is 3. The number of nitrogens with zero attached hydrogens (tertiary/aromatic N) is 1. The van der Waals surface area contributed by atoms with Crippen molar-refractivity contribution in [2.75, 3.05) is 0 Å². The number of hydrogen-bond acceptors (Lipinski definition) is 3. The van der Waals surface area contributed by atoms with Gasteiger partial charge in [0, 0.05) is 5.57 Å². The van der Waals surface area contributed by atoms with Crippen LogP contribution in [0.5, 0.6) is 5.75 Å². The molecule has 5 rings (SSSR count). The molecule has 2 amide bonds. The van der Waals surface area contributed by atoms with Crippen LogP contribution in [0.15, 0.2) is 78.9 Å². The predicted octanol–water partition coefficient (Wildman–Crippen LogP) is 5.09. The van der Waals surface area contributed by atoms with E-state index in [-0.39, 0.29) is 11.8 Å². The highest BCUT2D eigenvalue weighted by Gasteiger charge is 2.32. The summed E-state index contributed by atoms with van der Waals surface area (Å²) in [4.78, 5) is 20.7. The van der Waals surface area contributed by atoms with Crippen molar-refractivity contribution < 1.29 is 18.3 Å². The van der Waals surface area contributed by atoms with E-state index in [1.165, 1.54) is 12.1 Å². The summed E-state index contributed by atoms with van der Waals surface area (Å²) in [6, 6.07) is 22.4. The van der Waals surface area contributed by atoms with Crippen LogP contribution in [0.25, 0.3) is 22.3 Å². The van der Waals surface area contributed by atoms with Gasteiger partial charge in [0.1, 0.15) is 11.6 Å². The number of rotatable bonds is 5. The molecule has 1 aromatic heterocycles. The van der Waals surface area contributed by atoms with Gasteiger partial charge < -0.3 is 20.4 Å². The van der Waals surface area contributed by atoms with Crippen LogP contribution in [-0.2, 0) is 0 Å². The third kappa shape index (κ3) is 3.78. The number of amides is 2. The van der Waals surface area contributed by atoms with Crippen LogP contribution in [0.4, 0.5) is 13.6 Å². The monoisotopic (exact) mass is 432 g/mol. The summed E-state index contributed by atoms with van der Waals surface area (Å²) in [7, 11) is 0. The van der Waals surface area contributed by atoms with Gasteiger partial charge in [0.05, 0.1) is 22.8 Å². The number of urea groups is 1. The summed E-state index contributed by atoms with van der Waals surface area (Å²) in [6.07, 6.45) is 0. The minimum atomic E-state index is -2.91. The summed E-state index contributed by atoms with van der Waals surface area (Å²) < 4.78 is 29.5. The molecule has 1 aliphatic heterocycles. The zero-order valence-corrected chi connectivity index (χ0v) is 16.7. The lowest BCUT2D eigenvalue weighted by molar-refractivity contribution is -0.0498. The zero-order valence-electron chi connectivity index (χ0n) is 16.7. The van der Waals surface area contributed by atoms with E-state index in [9.17, 15) is 13.6 Å². The molecule has 3 aromatic carbocycles. The Bertz CT molecular complexity index is 1270. The normalized spacial score (nSPS) is 16.2. The van der Waals surface area contributed by atoms with Crippen molar-refractivity contribution in [1.82, 2.24) is 20.6 Å². The van der Waals surface area contributed by atoms with Crippen LogP contribution in [-0.4, -0.2) is 22.6 Å². The van der Waals surface area contributed by atoms with Crippen LogP contribution in [0.2, 0.25) is 0 Å². The Labute approximate surface area is 181 Å². The van der Waals surface area contributed by atoms with Crippen LogP contribution in [0.1, 0.15) is 23.0 Å². The molecular formula is C24H18F2N4O2. The average molecular weight is 432 g/mol. The second kappa shape index (κ2) is 8.14. The van der Waals surface area contributed by atoms with Crippen molar-refractivity contribution in [3.63, 3.8) is 0 Å². The molecule has 0 saturated carbocycles. The minimum Gasteiger partial charge on any atom is -0.435 e. The van der Waals surface area contributed by atoms with E-state index in [0.29, 0.717) is 17.1 Å². The van der Waals surface area contributed by atoms with Gasteiger partial charge in [-0.3, -0.25) is 0 Å². The number of imidazole rings is 1. The van der Waals surface area contributed by atoms with Crippen molar-refractivity contribution in [3.05, 3.63) is 95.8 Å². The fourth-order valence-electron chi connectivity index (χ4n) is 3.82. The molecule has 160 valence electrons. The molecule has 1 atom stereocenters. The highest BCUT2D eigenvalue weighted by Crippen LogP contribution is 2.37. The Hall–Kier alpha value is -4.20. The molecule has 32 heavy (non-hydrogen) atoms. The Morgan fingerprint density at radius 2 is 1.62 bits per heavy atom. The summed E-state index contributed by atoms with van der Waals surface area (Å²) in [5, 5.41) is 5.84. The molecule has 1 aliphatic rings. The minimum absolute atomic E-state index is 0.0431. The second-order valence-electron chi connectivity index (χ2n) is 7.24. The molecule has 0 aliphatic carbocycles. The third-order valence-corrected chi connectivity index (χ3v) is 5.22. The first-order valence-corrected chi connectivity index (χ1v) is 9.95. The van der Waals surface area contributed by atoms with E-state index in [4.69, 9.17) is 4.98 Å². The highest BCUT2D eigenvalue weighted by atomic mass is 19.3. The van der Waals surface area contributed by atoms with Crippen molar-refractivity contribution in [1.29, 1.82) is 0 Å².